The molecule has 1 aliphatic heterocycles. The van der Waals surface area contributed by atoms with Gasteiger partial charge in [-0.05, 0) is 31.0 Å². The number of fused-ring (bicyclic) bond motifs is 1. The second kappa shape index (κ2) is 11.1. The average molecular weight is 499 g/mol. The lowest BCUT2D eigenvalue weighted by Crippen LogP contribution is -2.15. The van der Waals surface area contributed by atoms with E-state index in [0.717, 1.165) is 37.6 Å². The van der Waals surface area contributed by atoms with Crippen LogP contribution in [0.3, 0.4) is 0 Å². The highest BCUT2D eigenvalue weighted by Gasteiger charge is 2.26. The largest absolute Gasteiger partial charge is 0.493 e. The van der Waals surface area contributed by atoms with Gasteiger partial charge in [-0.3, -0.25) is 14.9 Å². The number of nitrogens with zero attached hydrogens (tertiary/aromatic N) is 4. The minimum absolute atomic E-state index is 0.106. The summed E-state index contributed by atoms with van der Waals surface area (Å²) < 4.78 is 32.4. The molecule has 0 bridgehead atoms. The first-order valence-corrected chi connectivity index (χ1v) is 11.4. The summed E-state index contributed by atoms with van der Waals surface area (Å²) in [6.45, 7) is 1.08. The molecule has 1 amide bonds. The maximum Gasteiger partial charge on any atom is 0.286 e. The Bertz CT molecular complexity index is 1280. The molecule has 2 heterocycles. The monoisotopic (exact) mass is 499 g/mol. The third kappa shape index (κ3) is 5.28. The maximum atomic E-state index is 14.8. The number of methoxy groups -OCH3 is 2. The molecule has 0 fully saturated rings. The van der Waals surface area contributed by atoms with E-state index in [-0.39, 0.29) is 41.5 Å². The van der Waals surface area contributed by atoms with Crippen LogP contribution in [-0.2, 0) is 17.7 Å². The van der Waals surface area contributed by atoms with Crippen molar-refractivity contribution in [2.24, 2.45) is 0 Å². The lowest BCUT2D eigenvalue weighted by atomic mass is 10.1. The van der Waals surface area contributed by atoms with Crippen molar-refractivity contribution in [3.05, 3.63) is 57.7 Å². The summed E-state index contributed by atoms with van der Waals surface area (Å²) in [5.41, 5.74) is -0.275. The van der Waals surface area contributed by atoms with Crippen LogP contribution in [0.1, 0.15) is 35.4 Å². The first-order chi connectivity index (χ1) is 17.4. The summed E-state index contributed by atoms with van der Waals surface area (Å²) >= 11 is 0. The van der Waals surface area contributed by atoms with Crippen molar-refractivity contribution in [2.45, 2.75) is 32.2 Å². The van der Waals surface area contributed by atoms with Gasteiger partial charge in [-0.1, -0.05) is 6.42 Å². The lowest BCUT2D eigenvalue weighted by Gasteiger charge is -2.13. The average Bonchev–Trinajstić information content (AvgIpc) is 3.12. The predicted octanol–water partition coefficient (Wildman–Crippen LogP) is 4.00. The van der Waals surface area contributed by atoms with Crippen LogP contribution >= 0.6 is 0 Å². The van der Waals surface area contributed by atoms with Gasteiger partial charge in [0.25, 0.3) is 11.6 Å². The van der Waals surface area contributed by atoms with Crippen LogP contribution in [0.5, 0.6) is 11.5 Å². The van der Waals surface area contributed by atoms with Crippen LogP contribution in [0.4, 0.5) is 15.8 Å². The molecule has 0 unspecified atom stereocenters. The van der Waals surface area contributed by atoms with Gasteiger partial charge in [0.2, 0.25) is 0 Å². The maximum absolute atomic E-state index is 14.8. The zero-order chi connectivity index (χ0) is 25.7. The number of rotatable bonds is 9. The number of hydrogen-bond acceptors (Lipinski definition) is 8. The van der Waals surface area contributed by atoms with Gasteiger partial charge in [0.05, 0.1) is 30.3 Å². The summed E-state index contributed by atoms with van der Waals surface area (Å²) in [4.78, 5) is 24.1. The van der Waals surface area contributed by atoms with E-state index in [2.05, 4.69) is 15.5 Å². The number of ether oxygens (including phenoxy) is 3. The van der Waals surface area contributed by atoms with Crippen LogP contribution in [-0.4, -0.2) is 53.0 Å². The highest BCUT2D eigenvalue weighted by molar-refractivity contribution is 6.07. The fraction of sp³-hybridized carbons (Fsp3) is 0.375. The number of anilines is 1. The topological polar surface area (TPSA) is 131 Å². The SMILES string of the molecule is COCCOc1cc([N+](=O)[O-])c(C(=O)Nc2ccc(F)c(-c3nnc4n3CCCCC4)c2)cc1OC. The normalized spacial score (nSPS) is 13.0. The van der Waals surface area contributed by atoms with E-state index < -0.39 is 22.3 Å². The zero-order valence-electron chi connectivity index (χ0n) is 20.0. The molecule has 11 nitrogen and oxygen atoms in total. The van der Waals surface area contributed by atoms with Crippen molar-refractivity contribution >= 4 is 17.3 Å². The number of nitro benzene ring substituents is 1. The first-order valence-electron chi connectivity index (χ1n) is 11.4. The second-order valence-electron chi connectivity index (χ2n) is 8.17. The van der Waals surface area contributed by atoms with Crippen molar-refractivity contribution in [2.75, 3.05) is 32.8 Å². The molecule has 0 atom stereocenters. The van der Waals surface area contributed by atoms with Gasteiger partial charge in [-0.2, -0.15) is 0 Å². The lowest BCUT2D eigenvalue weighted by molar-refractivity contribution is -0.385. The van der Waals surface area contributed by atoms with Crippen molar-refractivity contribution in [1.82, 2.24) is 14.8 Å². The third-order valence-electron chi connectivity index (χ3n) is 5.84. The number of amides is 1. The highest BCUT2D eigenvalue weighted by Crippen LogP contribution is 2.35. The third-order valence-corrected chi connectivity index (χ3v) is 5.84. The molecular formula is C24H26FN5O6. The minimum atomic E-state index is -0.763. The van der Waals surface area contributed by atoms with E-state index >= 15 is 0 Å². The van der Waals surface area contributed by atoms with E-state index in [4.69, 9.17) is 14.2 Å². The van der Waals surface area contributed by atoms with Gasteiger partial charge in [0.1, 0.15) is 23.8 Å². The Morgan fingerprint density at radius 2 is 1.97 bits per heavy atom. The number of nitro groups is 1. The standard InChI is InChI=1S/C24H26FN5O6/c1-34-10-11-36-21-14-19(30(32)33)17(13-20(21)35-2)24(31)26-15-7-8-18(25)16(12-15)23-28-27-22-6-4-3-5-9-29(22)23/h7-8,12-14H,3-6,9-11H2,1-2H3,(H,26,31). The fourth-order valence-electron chi connectivity index (χ4n) is 4.05. The summed E-state index contributed by atoms with van der Waals surface area (Å²) in [7, 11) is 2.86. The van der Waals surface area contributed by atoms with Gasteiger partial charge in [-0.25, -0.2) is 4.39 Å². The Balaban J connectivity index is 1.64. The van der Waals surface area contributed by atoms with Crippen LogP contribution < -0.4 is 14.8 Å². The highest BCUT2D eigenvalue weighted by atomic mass is 19.1. The second-order valence-corrected chi connectivity index (χ2v) is 8.17. The van der Waals surface area contributed by atoms with Gasteiger partial charge in [-0.15, -0.1) is 10.2 Å². The van der Waals surface area contributed by atoms with Crippen LogP contribution in [0.25, 0.3) is 11.4 Å². The molecule has 0 spiro atoms. The van der Waals surface area contributed by atoms with Crippen LogP contribution in [0.2, 0.25) is 0 Å². The first kappa shape index (κ1) is 25.0. The zero-order valence-corrected chi connectivity index (χ0v) is 20.0. The molecule has 4 rings (SSSR count). The van der Waals surface area contributed by atoms with E-state index in [9.17, 15) is 19.3 Å². The molecular weight excluding hydrogens is 473 g/mol. The molecule has 0 aliphatic carbocycles. The molecule has 36 heavy (non-hydrogen) atoms. The number of carbonyl (C=O) groups excluding carboxylic acids is 1. The molecule has 3 aromatic rings. The van der Waals surface area contributed by atoms with Crippen molar-refractivity contribution in [3.8, 4) is 22.9 Å². The van der Waals surface area contributed by atoms with E-state index in [1.54, 1.807) is 0 Å². The smallest absolute Gasteiger partial charge is 0.286 e. The number of nitrogens with one attached hydrogen (secondary N) is 1. The molecule has 12 heteroatoms. The molecule has 1 aromatic heterocycles. The van der Waals surface area contributed by atoms with E-state index in [1.807, 2.05) is 4.57 Å². The molecule has 1 aliphatic rings. The predicted molar refractivity (Wildman–Crippen MR) is 128 cm³/mol. The number of hydrogen-bond donors (Lipinski definition) is 1. The van der Waals surface area contributed by atoms with Crippen molar-refractivity contribution < 1.29 is 28.3 Å². The number of carbonyl (C=O) groups is 1. The molecule has 190 valence electrons. The van der Waals surface area contributed by atoms with Crippen LogP contribution in [0, 0.1) is 15.9 Å². The quantitative estimate of drug-likeness (QED) is 0.266. The molecule has 0 radical (unpaired) electrons. The Morgan fingerprint density at radius 3 is 2.72 bits per heavy atom. The number of benzene rings is 2. The Hall–Kier alpha value is -4.06. The minimum Gasteiger partial charge on any atom is -0.493 e. The van der Waals surface area contributed by atoms with Gasteiger partial charge >= 0.3 is 0 Å². The summed E-state index contributed by atoms with van der Waals surface area (Å²) in [5.74, 6) is 0.151. The van der Waals surface area contributed by atoms with Crippen molar-refractivity contribution in [1.29, 1.82) is 0 Å². The van der Waals surface area contributed by atoms with Gasteiger partial charge in [0.15, 0.2) is 17.3 Å². The summed E-state index contributed by atoms with van der Waals surface area (Å²) in [5, 5.41) is 22.7. The Morgan fingerprint density at radius 1 is 1.14 bits per heavy atom. The number of aromatic nitrogens is 3. The Kier molecular flexibility index (Phi) is 7.74. The number of aryl methyl sites for hydroxylation is 1. The van der Waals surface area contributed by atoms with Crippen molar-refractivity contribution in [3.63, 3.8) is 0 Å². The van der Waals surface area contributed by atoms with Gasteiger partial charge in [0, 0.05) is 31.8 Å². The fourth-order valence-corrected chi connectivity index (χ4v) is 4.05. The summed E-state index contributed by atoms with van der Waals surface area (Å²) in [6.07, 6.45) is 3.75. The van der Waals surface area contributed by atoms with E-state index in [1.165, 1.54) is 38.5 Å². The van der Waals surface area contributed by atoms with E-state index in [0.29, 0.717) is 12.4 Å². The molecule has 1 N–H and O–H groups in total. The summed E-state index contributed by atoms with van der Waals surface area (Å²) in [6, 6.07) is 6.40. The molecule has 0 saturated carbocycles. The molecule has 0 saturated heterocycles. The van der Waals surface area contributed by atoms with Gasteiger partial charge < -0.3 is 24.1 Å². The van der Waals surface area contributed by atoms with Crippen LogP contribution in [0.15, 0.2) is 30.3 Å². The molecule has 2 aromatic carbocycles. The Labute approximate surface area is 206 Å². The number of halogens is 1.